The van der Waals surface area contributed by atoms with E-state index in [2.05, 4.69) is 18.3 Å². The zero-order valence-electron chi connectivity index (χ0n) is 11.5. The molecular formula is C15H23NO3. The van der Waals surface area contributed by atoms with Crippen LogP contribution in [0.2, 0.25) is 0 Å². The summed E-state index contributed by atoms with van der Waals surface area (Å²) in [7, 11) is 0. The van der Waals surface area contributed by atoms with Crippen LogP contribution in [0.3, 0.4) is 0 Å². The van der Waals surface area contributed by atoms with E-state index in [4.69, 9.17) is 14.6 Å². The number of aliphatic hydroxyl groups is 1. The molecule has 0 radical (unpaired) electrons. The summed E-state index contributed by atoms with van der Waals surface area (Å²) in [6, 6.07) is 6.06. The van der Waals surface area contributed by atoms with Gasteiger partial charge in [-0.05, 0) is 30.0 Å². The van der Waals surface area contributed by atoms with Crippen LogP contribution < -0.4 is 14.8 Å². The summed E-state index contributed by atoms with van der Waals surface area (Å²) in [5.74, 6) is 2.01. The second-order valence-electron chi connectivity index (χ2n) is 4.92. The van der Waals surface area contributed by atoms with Gasteiger partial charge in [-0.25, -0.2) is 0 Å². The van der Waals surface area contributed by atoms with Crippen LogP contribution in [0.15, 0.2) is 18.2 Å². The first-order valence-corrected chi connectivity index (χ1v) is 7.03. The average molecular weight is 265 g/mol. The maximum atomic E-state index is 9.14. The third-order valence-corrected chi connectivity index (χ3v) is 3.41. The highest BCUT2D eigenvalue weighted by molar-refractivity contribution is 5.43. The lowest BCUT2D eigenvalue weighted by molar-refractivity contribution is 0.218. The van der Waals surface area contributed by atoms with Crippen molar-refractivity contribution in [2.45, 2.75) is 26.3 Å². The number of hydrogen-bond acceptors (Lipinski definition) is 4. The SMILES string of the molecule is CCC(CO)CNCc1ccc2c(c1)OCCCO2. The minimum Gasteiger partial charge on any atom is -0.490 e. The first-order valence-electron chi connectivity index (χ1n) is 7.03. The van der Waals surface area contributed by atoms with Gasteiger partial charge in [-0.1, -0.05) is 13.0 Å². The lowest BCUT2D eigenvalue weighted by Gasteiger charge is -2.13. The van der Waals surface area contributed by atoms with E-state index in [1.165, 1.54) is 5.56 Å². The number of fused-ring (bicyclic) bond motifs is 1. The number of rotatable bonds is 6. The molecule has 0 saturated heterocycles. The topological polar surface area (TPSA) is 50.7 Å². The third kappa shape index (κ3) is 4.11. The van der Waals surface area contributed by atoms with E-state index in [1.54, 1.807) is 0 Å². The molecule has 0 aliphatic carbocycles. The van der Waals surface area contributed by atoms with Crippen LogP contribution in [0.5, 0.6) is 11.5 Å². The maximum absolute atomic E-state index is 9.14. The molecule has 0 fully saturated rings. The van der Waals surface area contributed by atoms with Crippen LogP contribution in [-0.4, -0.2) is 31.5 Å². The molecule has 4 nitrogen and oxygen atoms in total. The molecular weight excluding hydrogens is 242 g/mol. The van der Waals surface area contributed by atoms with Gasteiger partial charge >= 0.3 is 0 Å². The molecule has 1 aromatic rings. The zero-order valence-corrected chi connectivity index (χ0v) is 11.5. The molecule has 1 aliphatic heterocycles. The Balaban J connectivity index is 1.89. The molecule has 1 atom stereocenters. The summed E-state index contributed by atoms with van der Waals surface area (Å²) in [5.41, 5.74) is 1.18. The first kappa shape index (κ1) is 14.2. The zero-order chi connectivity index (χ0) is 13.5. The van der Waals surface area contributed by atoms with Crippen molar-refractivity contribution in [2.75, 3.05) is 26.4 Å². The van der Waals surface area contributed by atoms with Crippen molar-refractivity contribution in [1.29, 1.82) is 0 Å². The van der Waals surface area contributed by atoms with E-state index in [-0.39, 0.29) is 6.61 Å². The molecule has 1 unspecified atom stereocenters. The van der Waals surface area contributed by atoms with Gasteiger partial charge in [0.2, 0.25) is 0 Å². The van der Waals surface area contributed by atoms with Crippen molar-refractivity contribution in [3.05, 3.63) is 23.8 Å². The Morgan fingerprint density at radius 3 is 2.79 bits per heavy atom. The highest BCUT2D eigenvalue weighted by Gasteiger charge is 2.10. The molecule has 19 heavy (non-hydrogen) atoms. The molecule has 0 aromatic heterocycles. The van der Waals surface area contributed by atoms with E-state index in [0.717, 1.165) is 44.0 Å². The summed E-state index contributed by atoms with van der Waals surface area (Å²) in [6.45, 7) is 5.39. The Morgan fingerprint density at radius 2 is 2.05 bits per heavy atom. The van der Waals surface area contributed by atoms with Crippen LogP contribution in [0.4, 0.5) is 0 Å². The van der Waals surface area contributed by atoms with Crippen LogP contribution in [0, 0.1) is 5.92 Å². The number of aliphatic hydroxyl groups excluding tert-OH is 1. The fourth-order valence-electron chi connectivity index (χ4n) is 2.08. The van der Waals surface area contributed by atoms with Gasteiger partial charge in [-0.3, -0.25) is 0 Å². The highest BCUT2D eigenvalue weighted by atomic mass is 16.5. The Morgan fingerprint density at radius 1 is 1.26 bits per heavy atom. The van der Waals surface area contributed by atoms with Crippen molar-refractivity contribution in [3.63, 3.8) is 0 Å². The molecule has 1 aromatic carbocycles. The van der Waals surface area contributed by atoms with Gasteiger partial charge in [0.25, 0.3) is 0 Å². The van der Waals surface area contributed by atoms with Crippen LogP contribution in [-0.2, 0) is 6.54 Å². The number of hydrogen-bond donors (Lipinski definition) is 2. The van der Waals surface area contributed by atoms with Gasteiger partial charge in [0, 0.05) is 26.1 Å². The molecule has 1 aliphatic rings. The second-order valence-corrected chi connectivity index (χ2v) is 4.92. The predicted molar refractivity (Wildman–Crippen MR) is 74.6 cm³/mol. The van der Waals surface area contributed by atoms with Crippen LogP contribution >= 0.6 is 0 Å². The van der Waals surface area contributed by atoms with Crippen molar-refractivity contribution >= 4 is 0 Å². The lowest BCUT2D eigenvalue weighted by Crippen LogP contribution is -2.24. The highest BCUT2D eigenvalue weighted by Crippen LogP contribution is 2.30. The van der Waals surface area contributed by atoms with Gasteiger partial charge < -0.3 is 19.9 Å². The van der Waals surface area contributed by atoms with E-state index >= 15 is 0 Å². The number of nitrogens with one attached hydrogen (secondary N) is 1. The molecule has 0 spiro atoms. The number of ether oxygens (including phenoxy) is 2. The molecule has 106 valence electrons. The Hall–Kier alpha value is -1.26. The monoisotopic (exact) mass is 265 g/mol. The maximum Gasteiger partial charge on any atom is 0.161 e. The molecule has 4 heteroatoms. The molecule has 2 rings (SSSR count). The fraction of sp³-hybridized carbons (Fsp3) is 0.600. The van der Waals surface area contributed by atoms with Crippen LogP contribution in [0.1, 0.15) is 25.3 Å². The van der Waals surface area contributed by atoms with Gasteiger partial charge in [-0.15, -0.1) is 0 Å². The van der Waals surface area contributed by atoms with E-state index in [1.807, 2.05) is 12.1 Å². The van der Waals surface area contributed by atoms with Gasteiger partial charge in [0.1, 0.15) is 0 Å². The van der Waals surface area contributed by atoms with Crippen molar-refractivity contribution in [1.82, 2.24) is 5.32 Å². The van der Waals surface area contributed by atoms with Gasteiger partial charge in [0.05, 0.1) is 13.2 Å². The summed E-state index contributed by atoms with van der Waals surface area (Å²) in [5, 5.41) is 12.5. The standard InChI is InChI=1S/C15H23NO3/c1-2-12(11-17)9-16-10-13-4-5-14-15(8-13)19-7-3-6-18-14/h4-5,8,12,16-17H,2-3,6-7,9-11H2,1H3. The van der Waals surface area contributed by atoms with Crippen LogP contribution in [0.25, 0.3) is 0 Å². The normalized spacial score (nSPS) is 15.9. The largest absolute Gasteiger partial charge is 0.490 e. The lowest BCUT2D eigenvalue weighted by atomic mass is 10.1. The quantitative estimate of drug-likeness (QED) is 0.825. The summed E-state index contributed by atoms with van der Waals surface area (Å²) >= 11 is 0. The average Bonchev–Trinajstić information content (AvgIpc) is 2.68. The molecule has 0 amide bonds. The predicted octanol–water partition coefficient (Wildman–Crippen LogP) is 1.96. The van der Waals surface area contributed by atoms with E-state index in [0.29, 0.717) is 12.5 Å². The smallest absolute Gasteiger partial charge is 0.161 e. The van der Waals surface area contributed by atoms with Gasteiger partial charge in [0.15, 0.2) is 11.5 Å². The van der Waals surface area contributed by atoms with Crippen molar-refractivity contribution in [2.24, 2.45) is 5.92 Å². The van der Waals surface area contributed by atoms with Gasteiger partial charge in [-0.2, -0.15) is 0 Å². The fourth-order valence-corrected chi connectivity index (χ4v) is 2.08. The summed E-state index contributed by atoms with van der Waals surface area (Å²) < 4.78 is 11.3. The van der Waals surface area contributed by atoms with E-state index < -0.39 is 0 Å². The Labute approximate surface area is 114 Å². The molecule has 1 heterocycles. The molecule has 0 saturated carbocycles. The molecule has 0 bridgehead atoms. The van der Waals surface area contributed by atoms with Crippen molar-refractivity contribution < 1.29 is 14.6 Å². The Bertz CT molecular complexity index is 391. The Kier molecular flexibility index (Phi) is 5.48. The second kappa shape index (κ2) is 7.36. The summed E-state index contributed by atoms with van der Waals surface area (Å²) in [4.78, 5) is 0. The number of benzene rings is 1. The first-order chi connectivity index (χ1) is 9.33. The summed E-state index contributed by atoms with van der Waals surface area (Å²) in [6.07, 6.45) is 1.92. The molecule has 2 N–H and O–H groups in total. The third-order valence-electron chi connectivity index (χ3n) is 3.41. The minimum absolute atomic E-state index is 0.241. The minimum atomic E-state index is 0.241. The van der Waals surface area contributed by atoms with Crippen molar-refractivity contribution in [3.8, 4) is 11.5 Å². The van der Waals surface area contributed by atoms with E-state index in [9.17, 15) is 0 Å².